The maximum atomic E-state index is 11.0. The van der Waals surface area contributed by atoms with Crippen molar-refractivity contribution in [1.29, 1.82) is 0 Å². The van der Waals surface area contributed by atoms with Crippen LogP contribution in [0.3, 0.4) is 0 Å². The molecule has 3 unspecified atom stereocenters. The summed E-state index contributed by atoms with van der Waals surface area (Å²) in [6, 6.07) is 0. The van der Waals surface area contributed by atoms with Crippen LogP contribution >= 0.6 is 0 Å². The first-order valence-corrected chi connectivity index (χ1v) is 5.12. The Morgan fingerprint density at radius 1 is 1.50 bits per heavy atom. The number of carbonyl (C=O) groups is 1. The van der Waals surface area contributed by atoms with Crippen LogP contribution in [0.1, 0.15) is 26.2 Å². The maximum absolute atomic E-state index is 11.0. The van der Waals surface area contributed by atoms with Crippen LogP contribution in [0.5, 0.6) is 0 Å². The number of fused-ring (bicyclic) bond motifs is 2. The van der Waals surface area contributed by atoms with Gasteiger partial charge in [-0.2, -0.15) is 0 Å². The fourth-order valence-corrected chi connectivity index (χ4v) is 2.47. The van der Waals surface area contributed by atoms with Crippen LogP contribution in [0.15, 0.2) is 11.6 Å². The largest absolute Gasteiger partial charge is 0.466 e. The molecule has 0 saturated carbocycles. The Kier molecular flexibility index (Phi) is 2.59. The van der Waals surface area contributed by atoms with Crippen LogP contribution in [0.25, 0.3) is 0 Å². The highest BCUT2D eigenvalue weighted by Crippen LogP contribution is 2.42. The summed E-state index contributed by atoms with van der Waals surface area (Å²) in [5.41, 5.74) is 1.10. The highest BCUT2D eigenvalue weighted by molar-refractivity contribution is 5.82. The zero-order valence-electron chi connectivity index (χ0n) is 8.66. The molecule has 2 aliphatic rings. The zero-order valence-corrected chi connectivity index (χ0v) is 8.66. The Bertz CT molecular complexity index is 270. The fraction of sp³-hybridized carbons (Fsp3) is 0.727. The first-order chi connectivity index (χ1) is 6.70. The predicted molar refractivity (Wildman–Crippen MR) is 51.8 cm³/mol. The van der Waals surface area contributed by atoms with Crippen molar-refractivity contribution in [1.82, 2.24) is 0 Å². The van der Waals surface area contributed by atoms with E-state index in [1.165, 1.54) is 13.5 Å². The molecule has 2 rings (SSSR count). The Morgan fingerprint density at radius 2 is 2.29 bits per heavy atom. The third kappa shape index (κ3) is 1.69. The van der Waals surface area contributed by atoms with E-state index in [0.717, 1.165) is 18.4 Å². The highest BCUT2D eigenvalue weighted by atomic mass is 16.5. The average Bonchev–Trinajstić information content (AvgIpc) is 2.78. The Labute approximate surface area is 84.1 Å². The highest BCUT2D eigenvalue weighted by Gasteiger charge is 2.41. The molecule has 0 aromatic carbocycles. The molecule has 2 fully saturated rings. The summed E-state index contributed by atoms with van der Waals surface area (Å²) in [4.78, 5) is 11.0. The second-order valence-corrected chi connectivity index (χ2v) is 4.13. The van der Waals surface area contributed by atoms with Gasteiger partial charge in [0.2, 0.25) is 0 Å². The fourth-order valence-electron chi connectivity index (χ4n) is 2.47. The molecular formula is C11H16O3. The maximum Gasteiger partial charge on any atom is 0.330 e. The van der Waals surface area contributed by atoms with Gasteiger partial charge in [0, 0.05) is 12.0 Å². The van der Waals surface area contributed by atoms with Crippen molar-refractivity contribution in [2.24, 2.45) is 5.92 Å². The topological polar surface area (TPSA) is 35.5 Å². The summed E-state index contributed by atoms with van der Waals surface area (Å²) in [5, 5.41) is 0. The number of methoxy groups -OCH3 is 1. The summed E-state index contributed by atoms with van der Waals surface area (Å²) >= 11 is 0. The number of ether oxygens (including phenoxy) is 2. The van der Waals surface area contributed by atoms with Gasteiger partial charge < -0.3 is 9.47 Å². The van der Waals surface area contributed by atoms with Crippen molar-refractivity contribution < 1.29 is 14.3 Å². The molecule has 3 heteroatoms. The van der Waals surface area contributed by atoms with Crippen molar-refractivity contribution in [2.45, 2.75) is 38.4 Å². The second-order valence-electron chi connectivity index (χ2n) is 4.13. The van der Waals surface area contributed by atoms with Crippen LogP contribution < -0.4 is 0 Å². The number of rotatable bonds is 2. The lowest BCUT2D eigenvalue weighted by atomic mass is 9.84. The van der Waals surface area contributed by atoms with Crippen molar-refractivity contribution in [2.75, 3.05) is 7.11 Å². The molecule has 3 nitrogen and oxygen atoms in total. The molecule has 3 atom stereocenters. The molecule has 0 N–H and O–H groups in total. The van der Waals surface area contributed by atoms with Crippen LogP contribution in [-0.4, -0.2) is 25.3 Å². The van der Waals surface area contributed by atoms with E-state index >= 15 is 0 Å². The van der Waals surface area contributed by atoms with E-state index in [1.54, 1.807) is 6.08 Å². The summed E-state index contributed by atoms with van der Waals surface area (Å²) in [6.07, 6.45) is 5.78. The summed E-state index contributed by atoms with van der Waals surface area (Å²) in [5.74, 6) is 0.179. The second kappa shape index (κ2) is 3.73. The van der Waals surface area contributed by atoms with Gasteiger partial charge in [-0.05, 0) is 26.2 Å². The van der Waals surface area contributed by atoms with E-state index in [2.05, 4.69) is 4.74 Å². The quantitative estimate of drug-likeness (QED) is 0.498. The minimum atomic E-state index is -0.259. The zero-order chi connectivity index (χ0) is 10.1. The molecule has 0 aromatic rings. The van der Waals surface area contributed by atoms with Crippen molar-refractivity contribution in [3.05, 3.63) is 11.6 Å². The normalized spacial score (nSPS) is 36.1. The summed E-state index contributed by atoms with van der Waals surface area (Å²) < 4.78 is 10.3. The lowest BCUT2D eigenvalue weighted by molar-refractivity contribution is -0.134. The molecular weight excluding hydrogens is 180 g/mol. The Balaban J connectivity index is 2.02. The van der Waals surface area contributed by atoms with E-state index in [-0.39, 0.29) is 5.97 Å². The van der Waals surface area contributed by atoms with Crippen molar-refractivity contribution in [3.63, 3.8) is 0 Å². The van der Waals surface area contributed by atoms with E-state index in [1.807, 2.05) is 6.92 Å². The molecule has 2 bridgehead atoms. The van der Waals surface area contributed by atoms with E-state index in [9.17, 15) is 4.79 Å². The molecule has 0 spiro atoms. The minimum Gasteiger partial charge on any atom is -0.466 e. The molecule has 2 heterocycles. The van der Waals surface area contributed by atoms with Crippen molar-refractivity contribution >= 4 is 5.97 Å². The van der Waals surface area contributed by atoms with Gasteiger partial charge >= 0.3 is 5.97 Å². The summed E-state index contributed by atoms with van der Waals surface area (Å²) in [7, 11) is 1.41. The Hall–Kier alpha value is -0.830. The number of hydrogen-bond donors (Lipinski definition) is 0. The van der Waals surface area contributed by atoms with Crippen LogP contribution in [0, 0.1) is 5.92 Å². The monoisotopic (exact) mass is 196 g/mol. The number of esters is 1. The molecule has 0 radical (unpaired) electrons. The van der Waals surface area contributed by atoms with E-state index < -0.39 is 0 Å². The third-order valence-electron chi connectivity index (χ3n) is 3.24. The molecule has 2 saturated heterocycles. The van der Waals surface area contributed by atoms with Gasteiger partial charge in [0.05, 0.1) is 19.3 Å². The Morgan fingerprint density at radius 3 is 2.79 bits per heavy atom. The smallest absolute Gasteiger partial charge is 0.330 e. The first kappa shape index (κ1) is 9.71. The SMILES string of the molecule is COC(=O)/C=C(/C)C1CC2CCC1O2. The van der Waals surface area contributed by atoms with Gasteiger partial charge in [-0.15, -0.1) is 0 Å². The lowest BCUT2D eigenvalue weighted by Gasteiger charge is -2.18. The molecule has 0 aliphatic carbocycles. The number of carbonyl (C=O) groups excluding carboxylic acids is 1. The van der Waals surface area contributed by atoms with E-state index in [0.29, 0.717) is 18.1 Å². The third-order valence-corrected chi connectivity index (χ3v) is 3.24. The molecule has 14 heavy (non-hydrogen) atoms. The molecule has 0 aromatic heterocycles. The standard InChI is InChI=1S/C11H16O3/c1-7(5-11(12)13-2)9-6-8-3-4-10(9)14-8/h5,8-10H,3-4,6H2,1-2H3/b7-5-. The molecule has 2 aliphatic heterocycles. The summed E-state index contributed by atoms with van der Waals surface area (Å²) in [6.45, 7) is 1.99. The van der Waals surface area contributed by atoms with Gasteiger partial charge in [-0.3, -0.25) is 0 Å². The van der Waals surface area contributed by atoms with Crippen LogP contribution in [0.2, 0.25) is 0 Å². The average molecular weight is 196 g/mol. The van der Waals surface area contributed by atoms with E-state index in [4.69, 9.17) is 4.74 Å². The van der Waals surface area contributed by atoms with Crippen molar-refractivity contribution in [3.8, 4) is 0 Å². The first-order valence-electron chi connectivity index (χ1n) is 5.12. The van der Waals surface area contributed by atoms with Gasteiger partial charge in [-0.1, -0.05) is 5.57 Å². The van der Waals surface area contributed by atoms with Gasteiger partial charge in [0.1, 0.15) is 0 Å². The molecule has 0 amide bonds. The lowest BCUT2D eigenvalue weighted by Crippen LogP contribution is -2.18. The number of hydrogen-bond acceptors (Lipinski definition) is 3. The van der Waals surface area contributed by atoms with Gasteiger partial charge in [0.15, 0.2) is 0 Å². The van der Waals surface area contributed by atoms with Crippen LogP contribution in [0.4, 0.5) is 0 Å². The molecule has 78 valence electrons. The minimum absolute atomic E-state index is 0.259. The van der Waals surface area contributed by atoms with Gasteiger partial charge in [0.25, 0.3) is 0 Å². The predicted octanol–water partition coefficient (Wildman–Crippen LogP) is 1.67. The van der Waals surface area contributed by atoms with Crippen LogP contribution in [-0.2, 0) is 14.3 Å². The van der Waals surface area contributed by atoms with Gasteiger partial charge in [-0.25, -0.2) is 4.79 Å².